The quantitative estimate of drug-likeness (QED) is 0.533. The third-order valence-electron chi connectivity index (χ3n) is 4.54. The standard InChI is InChI=1S/C21H18O2/c1-22-15-10-11-16-14(12-15)13-20-17(16)7-5-8-18(20)19-6-3-4-9-21(19)23-2/h3-12H,13H2,1-2H3. The second-order valence-corrected chi connectivity index (χ2v) is 5.73. The number of hydrogen-bond acceptors (Lipinski definition) is 2. The number of methoxy groups -OCH3 is 2. The molecule has 1 aliphatic carbocycles. The van der Waals surface area contributed by atoms with E-state index in [9.17, 15) is 0 Å². The highest BCUT2D eigenvalue weighted by atomic mass is 16.5. The molecule has 3 aromatic carbocycles. The second-order valence-electron chi connectivity index (χ2n) is 5.73. The van der Waals surface area contributed by atoms with Crippen LogP contribution in [-0.4, -0.2) is 14.2 Å². The number of para-hydroxylation sites is 1. The predicted molar refractivity (Wildman–Crippen MR) is 93.2 cm³/mol. The summed E-state index contributed by atoms with van der Waals surface area (Å²) in [5.74, 6) is 1.82. The molecule has 0 heterocycles. The van der Waals surface area contributed by atoms with Crippen molar-refractivity contribution >= 4 is 0 Å². The van der Waals surface area contributed by atoms with Gasteiger partial charge in [0.1, 0.15) is 11.5 Å². The molecule has 2 nitrogen and oxygen atoms in total. The summed E-state index contributed by atoms with van der Waals surface area (Å²) in [5, 5.41) is 0. The molecule has 3 aromatic rings. The van der Waals surface area contributed by atoms with E-state index in [1.807, 2.05) is 18.2 Å². The highest BCUT2D eigenvalue weighted by Gasteiger charge is 2.22. The molecular weight excluding hydrogens is 284 g/mol. The first-order valence-electron chi connectivity index (χ1n) is 7.74. The molecule has 0 unspecified atom stereocenters. The van der Waals surface area contributed by atoms with Gasteiger partial charge in [-0.25, -0.2) is 0 Å². The average Bonchev–Trinajstić information content (AvgIpc) is 2.99. The third kappa shape index (κ3) is 2.18. The Kier molecular flexibility index (Phi) is 3.30. The average molecular weight is 302 g/mol. The van der Waals surface area contributed by atoms with Crippen LogP contribution >= 0.6 is 0 Å². The van der Waals surface area contributed by atoms with Crippen molar-refractivity contribution in [3.05, 3.63) is 71.8 Å². The van der Waals surface area contributed by atoms with Gasteiger partial charge in [-0.15, -0.1) is 0 Å². The van der Waals surface area contributed by atoms with Gasteiger partial charge in [0.25, 0.3) is 0 Å². The molecule has 23 heavy (non-hydrogen) atoms. The maximum absolute atomic E-state index is 5.55. The molecule has 0 saturated carbocycles. The highest BCUT2D eigenvalue weighted by molar-refractivity contribution is 5.86. The topological polar surface area (TPSA) is 18.5 Å². The third-order valence-corrected chi connectivity index (χ3v) is 4.54. The molecule has 0 N–H and O–H groups in total. The van der Waals surface area contributed by atoms with Crippen molar-refractivity contribution < 1.29 is 9.47 Å². The molecule has 2 heteroatoms. The van der Waals surface area contributed by atoms with Crippen LogP contribution < -0.4 is 9.47 Å². The van der Waals surface area contributed by atoms with Crippen molar-refractivity contribution in [2.24, 2.45) is 0 Å². The molecule has 114 valence electrons. The molecule has 0 bridgehead atoms. The van der Waals surface area contributed by atoms with Gasteiger partial charge < -0.3 is 9.47 Å². The Morgan fingerprint density at radius 2 is 1.43 bits per heavy atom. The normalized spacial score (nSPS) is 11.7. The van der Waals surface area contributed by atoms with E-state index in [2.05, 4.69) is 42.5 Å². The molecule has 1 aliphatic rings. The molecule has 4 rings (SSSR count). The summed E-state index contributed by atoms with van der Waals surface area (Å²) < 4.78 is 10.9. The lowest BCUT2D eigenvalue weighted by molar-refractivity contribution is 0.414. The fourth-order valence-electron chi connectivity index (χ4n) is 3.45. The van der Waals surface area contributed by atoms with Crippen LogP contribution in [-0.2, 0) is 6.42 Å². The Hall–Kier alpha value is -2.74. The Morgan fingerprint density at radius 3 is 2.22 bits per heavy atom. The maximum Gasteiger partial charge on any atom is 0.126 e. The summed E-state index contributed by atoms with van der Waals surface area (Å²) in [6, 6.07) is 21.0. The lowest BCUT2D eigenvalue weighted by Crippen LogP contribution is -1.92. The Balaban J connectivity index is 1.89. The molecular formula is C21H18O2. The first-order valence-corrected chi connectivity index (χ1v) is 7.74. The summed E-state index contributed by atoms with van der Waals surface area (Å²) >= 11 is 0. The Bertz CT molecular complexity index is 881. The number of hydrogen-bond donors (Lipinski definition) is 0. The first kappa shape index (κ1) is 13.9. The van der Waals surface area contributed by atoms with Gasteiger partial charge in [-0.05, 0) is 52.4 Å². The highest BCUT2D eigenvalue weighted by Crippen LogP contribution is 2.44. The van der Waals surface area contributed by atoms with Gasteiger partial charge in [0.05, 0.1) is 14.2 Å². The zero-order chi connectivity index (χ0) is 15.8. The van der Waals surface area contributed by atoms with Crippen LogP contribution in [0.15, 0.2) is 60.7 Å². The minimum atomic E-state index is 0.912. The first-order chi connectivity index (χ1) is 11.3. The number of ether oxygens (including phenoxy) is 2. The molecule has 0 spiro atoms. The van der Waals surface area contributed by atoms with Crippen LogP contribution in [0.2, 0.25) is 0 Å². The lowest BCUT2D eigenvalue weighted by Gasteiger charge is -2.12. The summed E-state index contributed by atoms with van der Waals surface area (Å²) in [5.41, 5.74) is 7.69. The van der Waals surface area contributed by atoms with E-state index in [0.717, 1.165) is 23.5 Å². The minimum Gasteiger partial charge on any atom is -0.497 e. The molecule has 0 saturated heterocycles. The Morgan fingerprint density at radius 1 is 0.696 bits per heavy atom. The smallest absolute Gasteiger partial charge is 0.126 e. The molecule has 0 aliphatic heterocycles. The van der Waals surface area contributed by atoms with Gasteiger partial charge in [0, 0.05) is 5.56 Å². The van der Waals surface area contributed by atoms with Crippen molar-refractivity contribution in [3.8, 4) is 33.8 Å². The van der Waals surface area contributed by atoms with Crippen molar-refractivity contribution in [1.82, 2.24) is 0 Å². The Labute approximate surface area is 136 Å². The van der Waals surface area contributed by atoms with Gasteiger partial charge in [0.15, 0.2) is 0 Å². The van der Waals surface area contributed by atoms with E-state index in [1.54, 1.807) is 14.2 Å². The largest absolute Gasteiger partial charge is 0.497 e. The summed E-state index contributed by atoms with van der Waals surface area (Å²) in [6.45, 7) is 0. The van der Waals surface area contributed by atoms with Crippen molar-refractivity contribution in [3.63, 3.8) is 0 Å². The lowest BCUT2D eigenvalue weighted by atomic mass is 9.95. The van der Waals surface area contributed by atoms with E-state index < -0.39 is 0 Å². The fraction of sp³-hybridized carbons (Fsp3) is 0.143. The number of benzene rings is 3. The van der Waals surface area contributed by atoms with Gasteiger partial charge >= 0.3 is 0 Å². The van der Waals surface area contributed by atoms with Crippen molar-refractivity contribution in [2.75, 3.05) is 14.2 Å². The van der Waals surface area contributed by atoms with Crippen LogP contribution in [0.25, 0.3) is 22.3 Å². The molecule has 0 amide bonds. The zero-order valence-electron chi connectivity index (χ0n) is 13.3. The van der Waals surface area contributed by atoms with Crippen LogP contribution in [0.5, 0.6) is 11.5 Å². The summed E-state index contributed by atoms with van der Waals surface area (Å²) in [7, 11) is 3.44. The van der Waals surface area contributed by atoms with Crippen LogP contribution in [0.1, 0.15) is 11.1 Å². The van der Waals surface area contributed by atoms with Gasteiger partial charge in [-0.1, -0.05) is 42.5 Å². The van der Waals surface area contributed by atoms with E-state index in [0.29, 0.717) is 0 Å². The zero-order valence-corrected chi connectivity index (χ0v) is 13.3. The van der Waals surface area contributed by atoms with E-state index in [1.165, 1.54) is 27.8 Å². The monoisotopic (exact) mass is 302 g/mol. The van der Waals surface area contributed by atoms with Gasteiger partial charge in [-0.2, -0.15) is 0 Å². The van der Waals surface area contributed by atoms with Crippen LogP contribution in [0, 0.1) is 0 Å². The van der Waals surface area contributed by atoms with Crippen molar-refractivity contribution in [2.45, 2.75) is 6.42 Å². The second kappa shape index (κ2) is 5.47. The predicted octanol–water partition coefficient (Wildman–Crippen LogP) is 4.94. The SMILES string of the molecule is COc1ccc2c(c1)Cc1c-2cccc1-c1ccccc1OC. The molecule has 0 radical (unpaired) electrons. The number of rotatable bonds is 3. The van der Waals surface area contributed by atoms with Crippen LogP contribution in [0.4, 0.5) is 0 Å². The molecule has 0 aromatic heterocycles. The number of fused-ring (bicyclic) bond motifs is 3. The summed E-state index contributed by atoms with van der Waals surface area (Å²) in [4.78, 5) is 0. The fourth-order valence-corrected chi connectivity index (χ4v) is 3.45. The van der Waals surface area contributed by atoms with E-state index in [-0.39, 0.29) is 0 Å². The summed E-state index contributed by atoms with van der Waals surface area (Å²) in [6.07, 6.45) is 0.927. The van der Waals surface area contributed by atoms with Gasteiger partial charge in [0.2, 0.25) is 0 Å². The van der Waals surface area contributed by atoms with E-state index >= 15 is 0 Å². The molecule has 0 fully saturated rings. The molecule has 0 atom stereocenters. The van der Waals surface area contributed by atoms with Crippen LogP contribution in [0.3, 0.4) is 0 Å². The van der Waals surface area contributed by atoms with Gasteiger partial charge in [-0.3, -0.25) is 0 Å². The van der Waals surface area contributed by atoms with E-state index in [4.69, 9.17) is 9.47 Å². The van der Waals surface area contributed by atoms with Crippen molar-refractivity contribution in [1.29, 1.82) is 0 Å². The maximum atomic E-state index is 5.55. The minimum absolute atomic E-state index is 0.912.